The number of hydrogen-bond donors (Lipinski definition) is 2. The number of urea groups is 1. The van der Waals surface area contributed by atoms with Crippen LogP contribution in [0.25, 0.3) is 0 Å². The summed E-state index contributed by atoms with van der Waals surface area (Å²) in [5, 5.41) is 6.02. The first-order chi connectivity index (χ1) is 12.9. The highest BCUT2D eigenvalue weighted by Gasteiger charge is 2.33. The first kappa shape index (κ1) is 18.8. The van der Waals surface area contributed by atoms with E-state index in [1.54, 1.807) is 56.5 Å². The van der Waals surface area contributed by atoms with Crippen molar-refractivity contribution < 1.29 is 19.1 Å². The summed E-state index contributed by atoms with van der Waals surface area (Å²) in [6.45, 7) is 1.70. The Labute approximate surface area is 162 Å². The van der Waals surface area contributed by atoms with Crippen molar-refractivity contribution in [3.63, 3.8) is 0 Å². The Morgan fingerprint density at radius 3 is 2.41 bits per heavy atom. The van der Waals surface area contributed by atoms with E-state index in [-0.39, 0.29) is 5.78 Å². The molecule has 2 aromatic rings. The molecule has 0 saturated heterocycles. The van der Waals surface area contributed by atoms with Crippen LogP contribution in [0, 0.1) is 0 Å². The minimum Gasteiger partial charge on any atom is -0.497 e. The van der Waals surface area contributed by atoms with Gasteiger partial charge in [-0.2, -0.15) is 0 Å². The second kappa shape index (κ2) is 7.72. The van der Waals surface area contributed by atoms with Gasteiger partial charge in [-0.25, -0.2) is 4.79 Å². The molecule has 140 valence electrons. The third kappa shape index (κ3) is 3.75. The SMILES string of the molecule is COc1ccc(OC)c([C@H]2NC(=O)NC(C)=C2C(=O)c2ccc(Cl)cc2)c1. The zero-order valence-corrected chi connectivity index (χ0v) is 15.9. The van der Waals surface area contributed by atoms with E-state index in [4.69, 9.17) is 21.1 Å². The summed E-state index contributed by atoms with van der Waals surface area (Å²) < 4.78 is 10.7. The van der Waals surface area contributed by atoms with E-state index in [0.29, 0.717) is 38.9 Å². The maximum Gasteiger partial charge on any atom is 0.319 e. The summed E-state index contributed by atoms with van der Waals surface area (Å²) in [7, 11) is 3.08. The summed E-state index contributed by atoms with van der Waals surface area (Å²) in [4.78, 5) is 25.3. The normalized spacial score (nSPS) is 16.4. The number of carbonyl (C=O) groups is 2. The Morgan fingerprint density at radius 1 is 1.07 bits per heavy atom. The van der Waals surface area contributed by atoms with E-state index in [2.05, 4.69) is 10.6 Å². The number of allylic oxidation sites excluding steroid dienone is 1. The summed E-state index contributed by atoms with van der Waals surface area (Å²) >= 11 is 5.92. The van der Waals surface area contributed by atoms with Crippen molar-refractivity contribution in [2.75, 3.05) is 14.2 Å². The molecule has 2 N–H and O–H groups in total. The van der Waals surface area contributed by atoms with E-state index in [1.807, 2.05) is 0 Å². The standard InChI is InChI=1S/C20H19ClN2O4/c1-11-17(19(24)12-4-6-13(21)7-5-12)18(23-20(25)22-11)15-10-14(26-2)8-9-16(15)27-3/h4-10,18H,1-3H3,(H2,22,23,25)/t18-/m1/s1. The molecule has 0 aromatic heterocycles. The summed E-state index contributed by atoms with van der Waals surface area (Å²) in [5.41, 5.74) is 2.00. The van der Waals surface area contributed by atoms with Crippen molar-refractivity contribution >= 4 is 23.4 Å². The zero-order valence-electron chi connectivity index (χ0n) is 15.1. The molecule has 0 unspecified atom stereocenters. The molecule has 6 nitrogen and oxygen atoms in total. The lowest BCUT2D eigenvalue weighted by Gasteiger charge is -2.29. The lowest BCUT2D eigenvalue weighted by atomic mass is 9.89. The summed E-state index contributed by atoms with van der Waals surface area (Å²) in [5.74, 6) is 0.915. The number of halogens is 1. The molecule has 0 saturated carbocycles. The van der Waals surface area contributed by atoms with Crippen LogP contribution in [0.2, 0.25) is 5.02 Å². The van der Waals surface area contributed by atoms with Crippen molar-refractivity contribution in [3.05, 3.63) is 69.9 Å². The average Bonchev–Trinajstić information content (AvgIpc) is 2.67. The molecule has 27 heavy (non-hydrogen) atoms. The van der Waals surface area contributed by atoms with Gasteiger partial charge in [-0.05, 0) is 49.4 Å². The van der Waals surface area contributed by atoms with Gasteiger partial charge in [0.05, 0.1) is 20.3 Å². The van der Waals surface area contributed by atoms with Crippen molar-refractivity contribution in [3.8, 4) is 11.5 Å². The minimum absolute atomic E-state index is 0.216. The van der Waals surface area contributed by atoms with Gasteiger partial charge in [-0.15, -0.1) is 0 Å². The van der Waals surface area contributed by atoms with Gasteiger partial charge in [0, 0.05) is 27.4 Å². The van der Waals surface area contributed by atoms with Gasteiger partial charge in [0.2, 0.25) is 0 Å². The van der Waals surface area contributed by atoms with Gasteiger partial charge in [0.15, 0.2) is 5.78 Å². The van der Waals surface area contributed by atoms with Crippen LogP contribution in [0.3, 0.4) is 0 Å². The number of rotatable bonds is 5. The number of hydrogen-bond acceptors (Lipinski definition) is 4. The summed E-state index contributed by atoms with van der Waals surface area (Å²) in [6.07, 6.45) is 0. The molecule has 0 aliphatic carbocycles. The number of amides is 2. The van der Waals surface area contributed by atoms with Crippen molar-refractivity contribution in [1.82, 2.24) is 10.6 Å². The predicted molar refractivity (Wildman–Crippen MR) is 102 cm³/mol. The molecule has 0 fully saturated rings. The van der Waals surface area contributed by atoms with Crippen molar-refractivity contribution in [1.29, 1.82) is 0 Å². The fraction of sp³-hybridized carbons (Fsp3) is 0.200. The largest absolute Gasteiger partial charge is 0.497 e. The monoisotopic (exact) mass is 386 g/mol. The number of ketones is 1. The van der Waals surface area contributed by atoms with Crippen LogP contribution < -0.4 is 20.1 Å². The third-order valence-electron chi connectivity index (χ3n) is 4.37. The molecule has 3 rings (SSSR count). The highest BCUT2D eigenvalue weighted by atomic mass is 35.5. The van der Waals surface area contributed by atoms with E-state index < -0.39 is 12.1 Å². The Balaban J connectivity index is 2.12. The first-order valence-corrected chi connectivity index (χ1v) is 8.63. The van der Waals surface area contributed by atoms with Gasteiger partial charge in [-0.1, -0.05) is 11.6 Å². The number of nitrogens with one attached hydrogen (secondary N) is 2. The fourth-order valence-corrected chi connectivity index (χ4v) is 3.18. The maximum atomic E-state index is 13.2. The molecular weight excluding hydrogens is 368 g/mol. The van der Waals surface area contributed by atoms with E-state index >= 15 is 0 Å². The van der Waals surface area contributed by atoms with Gasteiger partial charge in [-0.3, -0.25) is 4.79 Å². The van der Waals surface area contributed by atoms with E-state index in [9.17, 15) is 9.59 Å². The molecule has 1 aliphatic heterocycles. The van der Waals surface area contributed by atoms with Gasteiger partial charge in [0.25, 0.3) is 0 Å². The molecule has 1 aliphatic rings. The second-order valence-corrected chi connectivity index (χ2v) is 6.45. The fourth-order valence-electron chi connectivity index (χ4n) is 3.05. The van der Waals surface area contributed by atoms with Gasteiger partial charge >= 0.3 is 6.03 Å². The Hall–Kier alpha value is -2.99. The molecule has 2 amide bonds. The van der Waals surface area contributed by atoms with Gasteiger partial charge < -0.3 is 20.1 Å². The topological polar surface area (TPSA) is 76.7 Å². The van der Waals surface area contributed by atoms with Crippen LogP contribution in [0.4, 0.5) is 4.79 Å². The molecule has 7 heteroatoms. The van der Waals surface area contributed by atoms with Crippen LogP contribution in [-0.2, 0) is 0 Å². The molecule has 1 heterocycles. The van der Waals surface area contributed by atoms with Crippen molar-refractivity contribution in [2.45, 2.75) is 13.0 Å². The van der Waals surface area contributed by atoms with Crippen LogP contribution in [0.1, 0.15) is 28.9 Å². The Morgan fingerprint density at radius 2 is 1.78 bits per heavy atom. The van der Waals surface area contributed by atoms with E-state index in [0.717, 1.165) is 0 Å². The molecule has 1 atom stereocenters. The quantitative estimate of drug-likeness (QED) is 0.765. The number of carbonyl (C=O) groups excluding carboxylic acids is 2. The van der Waals surface area contributed by atoms with Crippen LogP contribution >= 0.6 is 11.6 Å². The molecular formula is C20H19ClN2O4. The first-order valence-electron chi connectivity index (χ1n) is 8.25. The lowest BCUT2D eigenvalue weighted by molar-refractivity contribution is 0.102. The molecule has 0 bridgehead atoms. The molecule has 2 aromatic carbocycles. The average molecular weight is 387 g/mol. The molecule has 0 spiro atoms. The lowest BCUT2D eigenvalue weighted by Crippen LogP contribution is -2.45. The van der Waals surface area contributed by atoms with Crippen molar-refractivity contribution in [2.24, 2.45) is 0 Å². The van der Waals surface area contributed by atoms with E-state index in [1.165, 1.54) is 7.11 Å². The van der Waals surface area contributed by atoms with Crippen LogP contribution in [0.15, 0.2) is 53.7 Å². The maximum absolute atomic E-state index is 13.2. The third-order valence-corrected chi connectivity index (χ3v) is 4.62. The summed E-state index contributed by atoms with van der Waals surface area (Å²) in [6, 6.07) is 10.8. The highest BCUT2D eigenvalue weighted by molar-refractivity contribution is 6.30. The number of Topliss-reactive ketones (excluding diaryl/α,β-unsaturated/α-hetero) is 1. The molecule has 0 radical (unpaired) electrons. The predicted octanol–water partition coefficient (Wildman–Crippen LogP) is 3.87. The van der Waals surface area contributed by atoms with Gasteiger partial charge in [0.1, 0.15) is 11.5 Å². The number of methoxy groups -OCH3 is 2. The zero-order chi connectivity index (χ0) is 19.6. The number of ether oxygens (including phenoxy) is 2. The van der Waals surface area contributed by atoms with Crippen LogP contribution in [-0.4, -0.2) is 26.0 Å². The Kier molecular flexibility index (Phi) is 5.37. The van der Waals surface area contributed by atoms with Crippen LogP contribution in [0.5, 0.6) is 11.5 Å². The second-order valence-electron chi connectivity index (χ2n) is 6.01. The minimum atomic E-state index is -0.688. The highest BCUT2D eigenvalue weighted by Crippen LogP contribution is 2.36. The Bertz CT molecular complexity index is 922. The number of benzene rings is 2. The smallest absolute Gasteiger partial charge is 0.319 e.